The number of pyridine rings is 1. The van der Waals surface area contributed by atoms with Crippen LogP contribution in [-0.2, 0) is 6.54 Å². The Morgan fingerprint density at radius 3 is 2.29 bits per heavy atom. The van der Waals surface area contributed by atoms with Crippen molar-refractivity contribution in [1.29, 1.82) is 0 Å². The fourth-order valence-corrected chi connectivity index (χ4v) is 1.93. The fraction of sp³-hybridized carbons (Fsp3) is 0.235. The Labute approximate surface area is 143 Å². The van der Waals surface area contributed by atoms with Crippen LogP contribution in [0.5, 0.6) is 11.5 Å². The van der Waals surface area contributed by atoms with E-state index in [-0.39, 0.29) is 24.0 Å². The Morgan fingerprint density at radius 1 is 1.00 bits per heavy atom. The van der Waals surface area contributed by atoms with Crippen LogP contribution in [0.4, 0.5) is 0 Å². The molecule has 0 aliphatic heterocycles. The van der Waals surface area contributed by atoms with Crippen molar-refractivity contribution in [1.82, 2.24) is 0 Å². The molecule has 0 saturated heterocycles. The molecule has 1 aromatic heterocycles. The predicted octanol–water partition coefficient (Wildman–Crippen LogP) is 0.186. The van der Waals surface area contributed by atoms with Crippen molar-refractivity contribution in [3.63, 3.8) is 0 Å². The molecule has 2 aromatic rings. The van der Waals surface area contributed by atoms with Gasteiger partial charge in [0.25, 0.3) is 0 Å². The van der Waals surface area contributed by atoms with Gasteiger partial charge in [-0.2, -0.15) is 0 Å². The third-order valence-corrected chi connectivity index (χ3v) is 3.18. The molecule has 0 aliphatic carbocycles. The van der Waals surface area contributed by atoms with E-state index in [4.69, 9.17) is 9.47 Å². The number of aromatic nitrogens is 1. The molecule has 0 bridgehead atoms. The summed E-state index contributed by atoms with van der Waals surface area (Å²) in [6.07, 6.45) is 8.27. The van der Waals surface area contributed by atoms with Crippen LogP contribution in [0.25, 0.3) is 12.2 Å². The van der Waals surface area contributed by atoms with Crippen molar-refractivity contribution < 1.29 is 38.0 Å². The fourth-order valence-electron chi connectivity index (χ4n) is 1.93. The lowest BCUT2D eigenvalue weighted by molar-refractivity contribution is -0.693. The highest BCUT2D eigenvalue weighted by molar-refractivity contribution is 5.72. The smallest absolute Gasteiger partial charge is 0.169 e. The molecule has 3 nitrogen and oxygen atoms in total. The number of benzene rings is 1. The summed E-state index contributed by atoms with van der Waals surface area (Å²) >= 11 is 0. The predicted molar refractivity (Wildman–Crippen MR) is 80.8 cm³/mol. The number of hydrogen-bond donors (Lipinski definition) is 0. The van der Waals surface area contributed by atoms with Crippen LogP contribution in [0.15, 0.2) is 42.7 Å². The van der Waals surface area contributed by atoms with Gasteiger partial charge in [-0.15, -0.1) is 0 Å². The van der Waals surface area contributed by atoms with Gasteiger partial charge in [-0.25, -0.2) is 4.57 Å². The van der Waals surface area contributed by atoms with Crippen molar-refractivity contribution in [3.05, 3.63) is 53.9 Å². The van der Waals surface area contributed by atoms with Crippen molar-refractivity contribution in [2.45, 2.75) is 13.5 Å². The monoisotopic (exact) mass is 397 g/mol. The molecular formula is C17H20INO2. The van der Waals surface area contributed by atoms with E-state index in [1.807, 2.05) is 24.3 Å². The molecule has 2 rings (SSSR count). The van der Waals surface area contributed by atoms with E-state index < -0.39 is 0 Å². The highest BCUT2D eigenvalue weighted by Crippen LogP contribution is 2.26. The molecule has 1 aromatic carbocycles. The Balaban J connectivity index is 0.00000220. The largest absolute Gasteiger partial charge is 1.00 e. The number of ether oxygens (including phenoxy) is 2. The molecular weight excluding hydrogens is 377 g/mol. The number of nitrogens with zero attached hydrogens (tertiary/aromatic N) is 1. The average Bonchev–Trinajstić information content (AvgIpc) is 2.53. The lowest BCUT2D eigenvalue weighted by Gasteiger charge is -2.07. The summed E-state index contributed by atoms with van der Waals surface area (Å²) in [7, 11) is 3.32. The van der Waals surface area contributed by atoms with E-state index in [0.717, 1.165) is 29.2 Å². The molecule has 0 amide bonds. The molecule has 0 fully saturated rings. The van der Waals surface area contributed by atoms with Crippen molar-refractivity contribution in [2.24, 2.45) is 0 Å². The second-order valence-corrected chi connectivity index (χ2v) is 4.40. The van der Waals surface area contributed by atoms with Crippen LogP contribution >= 0.6 is 0 Å². The lowest BCUT2D eigenvalue weighted by Crippen LogP contribution is -3.00. The molecule has 0 radical (unpaired) electrons. The lowest BCUT2D eigenvalue weighted by atomic mass is 10.1. The van der Waals surface area contributed by atoms with Gasteiger partial charge >= 0.3 is 0 Å². The first-order chi connectivity index (χ1) is 9.76. The van der Waals surface area contributed by atoms with Crippen LogP contribution in [0.3, 0.4) is 0 Å². The van der Waals surface area contributed by atoms with Gasteiger partial charge in [-0.3, -0.25) is 0 Å². The second-order valence-electron chi connectivity index (χ2n) is 4.40. The maximum absolute atomic E-state index is 5.38. The van der Waals surface area contributed by atoms with Gasteiger partial charge in [0.1, 0.15) is 18.0 Å². The average molecular weight is 397 g/mol. The van der Waals surface area contributed by atoms with E-state index in [1.165, 1.54) is 0 Å². The van der Waals surface area contributed by atoms with Crippen LogP contribution in [0.2, 0.25) is 0 Å². The van der Waals surface area contributed by atoms with E-state index in [1.54, 1.807) is 14.2 Å². The molecule has 0 saturated carbocycles. The minimum Gasteiger partial charge on any atom is -1.00 e. The van der Waals surface area contributed by atoms with Gasteiger partial charge in [0.05, 0.1) is 14.2 Å². The van der Waals surface area contributed by atoms with Gasteiger partial charge < -0.3 is 33.5 Å². The minimum atomic E-state index is 0. The van der Waals surface area contributed by atoms with Gasteiger partial charge in [0.2, 0.25) is 0 Å². The van der Waals surface area contributed by atoms with Gasteiger partial charge in [-0.1, -0.05) is 12.2 Å². The first-order valence-corrected chi connectivity index (χ1v) is 6.66. The standard InChI is InChI=1S/C17H20NO2.HI/c1-4-18-11-9-14(10-12-18)5-6-15-7-8-16(19-2)13-17(15)20-3;/h5-13H,4H2,1-3H3;1H/q+1;/p-1. The number of hydrogen-bond acceptors (Lipinski definition) is 2. The Morgan fingerprint density at radius 2 is 1.71 bits per heavy atom. The third-order valence-electron chi connectivity index (χ3n) is 3.18. The summed E-state index contributed by atoms with van der Waals surface area (Å²) in [6, 6.07) is 9.99. The van der Waals surface area contributed by atoms with Crippen LogP contribution in [0, 0.1) is 0 Å². The maximum atomic E-state index is 5.38. The Hall–Kier alpha value is -1.56. The topological polar surface area (TPSA) is 22.3 Å². The third kappa shape index (κ3) is 4.74. The molecule has 0 unspecified atom stereocenters. The van der Waals surface area contributed by atoms with Gasteiger partial charge in [0, 0.05) is 23.8 Å². The zero-order valence-electron chi connectivity index (χ0n) is 12.5. The van der Waals surface area contributed by atoms with E-state index in [2.05, 4.69) is 42.1 Å². The first kappa shape index (κ1) is 17.5. The SMILES string of the molecule is CC[n+]1ccc(C=Cc2ccc(OC)cc2OC)cc1.[I-]. The Bertz CT molecular complexity index is 594. The highest BCUT2D eigenvalue weighted by atomic mass is 127. The van der Waals surface area contributed by atoms with Crippen LogP contribution in [0.1, 0.15) is 18.1 Å². The maximum Gasteiger partial charge on any atom is 0.169 e. The summed E-state index contributed by atoms with van der Waals surface area (Å²) in [4.78, 5) is 0. The van der Waals surface area contributed by atoms with E-state index in [0.29, 0.717) is 0 Å². The van der Waals surface area contributed by atoms with Crippen LogP contribution < -0.4 is 38.0 Å². The molecule has 0 N–H and O–H groups in total. The molecule has 1 heterocycles. The highest BCUT2D eigenvalue weighted by Gasteiger charge is 2.02. The van der Waals surface area contributed by atoms with E-state index >= 15 is 0 Å². The van der Waals surface area contributed by atoms with E-state index in [9.17, 15) is 0 Å². The summed E-state index contributed by atoms with van der Waals surface area (Å²) < 4.78 is 12.7. The number of aryl methyl sites for hydroxylation is 1. The van der Waals surface area contributed by atoms with Gasteiger partial charge in [-0.05, 0) is 24.6 Å². The molecule has 21 heavy (non-hydrogen) atoms. The molecule has 0 atom stereocenters. The quantitative estimate of drug-likeness (QED) is 0.531. The van der Waals surface area contributed by atoms with Gasteiger partial charge in [0.15, 0.2) is 12.4 Å². The Kier molecular flexibility index (Phi) is 7.22. The summed E-state index contributed by atoms with van der Waals surface area (Å²) in [5, 5.41) is 0. The van der Waals surface area contributed by atoms with Crippen molar-refractivity contribution in [3.8, 4) is 11.5 Å². The first-order valence-electron chi connectivity index (χ1n) is 6.66. The van der Waals surface area contributed by atoms with Crippen LogP contribution in [-0.4, -0.2) is 14.2 Å². The van der Waals surface area contributed by atoms with Crippen molar-refractivity contribution >= 4 is 12.2 Å². The summed E-state index contributed by atoms with van der Waals surface area (Å²) in [5.41, 5.74) is 2.19. The number of halogens is 1. The molecule has 0 spiro atoms. The van der Waals surface area contributed by atoms with Crippen molar-refractivity contribution in [2.75, 3.05) is 14.2 Å². The normalized spacial score (nSPS) is 10.2. The molecule has 4 heteroatoms. The zero-order valence-corrected chi connectivity index (χ0v) is 14.7. The zero-order chi connectivity index (χ0) is 14.4. The second kappa shape index (κ2) is 8.67. The molecule has 0 aliphatic rings. The minimum absolute atomic E-state index is 0. The number of rotatable bonds is 5. The molecule has 112 valence electrons. The summed E-state index contributed by atoms with van der Waals surface area (Å²) in [5.74, 6) is 1.60. The number of methoxy groups -OCH3 is 2. The summed E-state index contributed by atoms with van der Waals surface area (Å²) in [6.45, 7) is 3.11.